The van der Waals surface area contributed by atoms with E-state index in [4.69, 9.17) is 11.6 Å². The Balaban J connectivity index is 1.30. The Morgan fingerprint density at radius 1 is 1.00 bits per heavy atom. The van der Waals surface area contributed by atoms with Gasteiger partial charge in [0.15, 0.2) is 0 Å². The Hall–Kier alpha value is -2.02. The second kappa shape index (κ2) is 11.2. The van der Waals surface area contributed by atoms with Crippen molar-refractivity contribution in [2.75, 3.05) is 30.7 Å². The highest BCUT2D eigenvalue weighted by Crippen LogP contribution is 2.16. The van der Waals surface area contributed by atoms with Gasteiger partial charge in [-0.05, 0) is 42.7 Å². The van der Waals surface area contributed by atoms with Gasteiger partial charge in [0.1, 0.15) is 0 Å². The van der Waals surface area contributed by atoms with Crippen molar-refractivity contribution in [3.63, 3.8) is 0 Å². The van der Waals surface area contributed by atoms with Crippen molar-refractivity contribution in [3.8, 4) is 0 Å². The number of anilines is 1. The van der Waals surface area contributed by atoms with E-state index in [0.29, 0.717) is 12.3 Å². The summed E-state index contributed by atoms with van der Waals surface area (Å²) < 4.78 is 0. The lowest BCUT2D eigenvalue weighted by molar-refractivity contribution is -0.120. The van der Waals surface area contributed by atoms with E-state index in [1.807, 2.05) is 54.6 Å². The number of carbonyl (C=O) groups is 2. The fourth-order valence-corrected chi connectivity index (χ4v) is 4.20. The standard InChI is InChI=1S/C22H26ClN3O2S/c23-18-8-6-17(7-9-18)15-29-16-22(28)25-20-10-12-26(13-11-20)14-21(27)24-19-4-2-1-3-5-19/h1-9,20H,10-16H2,(H,24,27)(H,25,28). The zero-order valence-electron chi connectivity index (χ0n) is 16.3. The Labute approximate surface area is 181 Å². The molecular formula is C22H26ClN3O2S. The molecule has 1 aliphatic rings. The maximum atomic E-state index is 12.2. The molecule has 3 rings (SSSR count). The largest absolute Gasteiger partial charge is 0.353 e. The van der Waals surface area contributed by atoms with E-state index in [1.165, 1.54) is 0 Å². The van der Waals surface area contributed by atoms with Gasteiger partial charge in [-0.25, -0.2) is 0 Å². The second-order valence-electron chi connectivity index (χ2n) is 7.15. The summed E-state index contributed by atoms with van der Waals surface area (Å²) in [5.41, 5.74) is 1.98. The number of amides is 2. The molecule has 1 fully saturated rings. The number of thioether (sulfide) groups is 1. The predicted molar refractivity (Wildman–Crippen MR) is 120 cm³/mol. The number of rotatable bonds is 8. The molecule has 5 nitrogen and oxygen atoms in total. The Kier molecular flexibility index (Phi) is 8.40. The molecule has 2 aromatic carbocycles. The van der Waals surface area contributed by atoms with Gasteiger partial charge in [0.25, 0.3) is 0 Å². The summed E-state index contributed by atoms with van der Waals surface area (Å²) in [6.07, 6.45) is 1.73. The van der Waals surface area contributed by atoms with Crippen LogP contribution in [0.1, 0.15) is 18.4 Å². The van der Waals surface area contributed by atoms with E-state index < -0.39 is 0 Å². The molecule has 0 radical (unpaired) electrons. The Bertz CT molecular complexity index is 793. The molecule has 2 amide bonds. The average molecular weight is 432 g/mol. The first-order valence-electron chi connectivity index (χ1n) is 9.77. The van der Waals surface area contributed by atoms with Crippen LogP contribution in [-0.4, -0.2) is 48.1 Å². The number of nitrogens with zero attached hydrogens (tertiary/aromatic N) is 1. The maximum Gasteiger partial charge on any atom is 0.238 e. The molecular weight excluding hydrogens is 406 g/mol. The third kappa shape index (κ3) is 7.72. The lowest BCUT2D eigenvalue weighted by atomic mass is 10.1. The number of piperidine rings is 1. The van der Waals surface area contributed by atoms with Crippen LogP contribution in [0.15, 0.2) is 54.6 Å². The predicted octanol–water partition coefficient (Wildman–Crippen LogP) is 3.79. The second-order valence-corrected chi connectivity index (χ2v) is 8.57. The minimum absolute atomic E-state index is 0.00251. The molecule has 0 atom stereocenters. The van der Waals surface area contributed by atoms with E-state index >= 15 is 0 Å². The zero-order valence-corrected chi connectivity index (χ0v) is 17.8. The molecule has 2 aromatic rings. The first-order valence-corrected chi connectivity index (χ1v) is 11.3. The number of hydrogen-bond donors (Lipinski definition) is 2. The van der Waals surface area contributed by atoms with Crippen LogP contribution in [0, 0.1) is 0 Å². The van der Waals surface area contributed by atoms with E-state index in [2.05, 4.69) is 15.5 Å². The molecule has 1 saturated heterocycles. The van der Waals surface area contributed by atoms with Crippen molar-refractivity contribution in [1.82, 2.24) is 10.2 Å². The summed E-state index contributed by atoms with van der Waals surface area (Å²) >= 11 is 7.48. The minimum Gasteiger partial charge on any atom is -0.353 e. The molecule has 1 heterocycles. The van der Waals surface area contributed by atoms with Gasteiger partial charge in [0.05, 0.1) is 12.3 Å². The van der Waals surface area contributed by atoms with Crippen molar-refractivity contribution in [2.45, 2.75) is 24.6 Å². The SMILES string of the molecule is O=C(CN1CCC(NC(=O)CSCc2ccc(Cl)cc2)CC1)Nc1ccccc1. The normalized spacial score (nSPS) is 15.1. The van der Waals surface area contributed by atoms with Crippen LogP contribution in [0.3, 0.4) is 0 Å². The van der Waals surface area contributed by atoms with Gasteiger partial charge in [0, 0.05) is 35.6 Å². The Morgan fingerprint density at radius 3 is 2.38 bits per heavy atom. The summed E-state index contributed by atoms with van der Waals surface area (Å²) in [5.74, 6) is 1.31. The first-order chi connectivity index (χ1) is 14.1. The molecule has 29 heavy (non-hydrogen) atoms. The van der Waals surface area contributed by atoms with Crippen LogP contribution < -0.4 is 10.6 Å². The highest BCUT2D eigenvalue weighted by molar-refractivity contribution is 7.99. The van der Waals surface area contributed by atoms with Crippen LogP contribution in [0.2, 0.25) is 5.02 Å². The van der Waals surface area contributed by atoms with Crippen molar-refractivity contribution in [1.29, 1.82) is 0 Å². The van der Waals surface area contributed by atoms with Crippen LogP contribution >= 0.6 is 23.4 Å². The number of para-hydroxylation sites is 1. The van der Waals surface area contributed by atoms with E-state index in [1.54, 1.807) is 11.8 Å². The minimum atomic E-state index is -0.00251. The molecule has 0 spiro atoms. The maximum absolute atomic E-state index is 12.2. The van der Waals surface area contributed by atoms with Crippen molar-refractivity contribution < 1.29 is 9.59 Å². The van der Waals surface area contributed by atoms with E-state index in [-0.39, 0.29) is 17.9 Å². The summed E-state index contributed by atoms with van der Waals surface area (Å²) in [4.78, 5) is 26.5. The fraction of sp³-hybridized carbons (Fsp3) is 0.364. The molecule has 0 saturated carbocycles. The number of benzene rings is 2. The molecule has 7 heteroatoms. The van der Waals surface area contributed by atoms with Crippen LogP contribution in [0.4, 0.5) is 5.69 Å². The van der Waals surface area contributed by atoms with Gasteiger partial charge >= 0.3 is 0 Å². The highest BCUT2D eigenvalue weighted by atomic mass is 35.5. The molecule has 0 aliphatic carbocycles. The van der Waals surface area contributed by atoms with Crippen LogP contribution in [0.25, 0.3) is 0 Å². The van der Waals surface area contributed by atoms with E-state index in [0.717, 1.165) is 48.0 Å². The third-order valence-electron chi connectivity index (χ3n) is 4.79. The Morgan fingerprint density at radius 2 is 1.69 bits per heavy atom. The van der Waals surface area contributed by atoms with Crippen molar-refractivity contribution >= 4 is 40.9 Å². The van der Waals surface area contributed by atoms with Gasteiger partial charge < -0.3 is 10.6 Å². The average Bonchev–Trinajstić information content (AvgIpc) is 2.72. The summed E-state index contributed by atoms with van der Waals surface area (Å²) in [5, 5.41) is 6.75. The van der Waals surface area contributed by atoms with E-state index in [9.17, 15) is 9.59 Å². The smallest absolute Gasteiger partial charge is 0.238 e. The molecule has 0 unspecified atom stereocenters. The lowest BCUT2D eigenvalue weighted by Crippen LogP contribution is -2.47. The molecule has 0 bridgehead atoms. The third-order valence-corrected chi connectivity index (χ3v) is 6.05. The monoisotopic (exact) mass is 431 g/mol. The molecule has 1 aliphatic heterocycles. The van der Waals surface area contributed by atoms with Gasteiger partial charge in [0.2, 0.25) is 11.8 Å². The van der Waals surface area contributed by atoms with Gasteiger partial charge in [-0.3, -0.25) is 14.5 Å². The summed E-state index contributed by atoms with van der Waals surface area (Å²) in [6, 6.07) is 17.4. The van der Waals surface area contributed by atoms with Crippen molar-refractivity contribution in [2.24, 2.45) is 0 Å². The van der Waals surface area contributed by atoms with Gasteiger partial charge in [-0.2, -0.15) is 0 Å². The number of nitrogens with one attached hydrogen (secondary N) is 2. The quantitative estimate of drug-likeness (QED) is 0.667. The number of likely N-dealkylation sites (tertiary alicyclic amines) is 1. The lowest BCUT2D eigenvalue weighted by Gasteiger charge is -2.31. The molecule has 2 N–H and O–H groups in total. The fourth-order valence-electron chi connectivity index (χ4n) is 3.27. The van der Waals surface area contributed by atoms with Crippen LogP contribution in [0.5, 0.6) is 0 Å². The topological polar surface area (TPSA) is 61.4 Å². The summed E-state index contributed by atoms with van der Waals surface area (Å²) in [7, 11) is 0. The first kappa shape index (κ1) is 21.7. The van der Waals surface area contributed by atoms with Crippen molar-refractivity contribution in [3.05, 3.63) is 65.2 Å². The molecule has 154 valence electrons. The van der Waals surface area contributed by atoms with Gasteiger partial charge in [-0.15, -0.1) is 11.8 Å². The molecule has 0 aromatic heterocycles. The zero-order chi connectivity index (χ0) is 20.5. The number of hydrogen-bond acceptors (Lipinski definition) is 4. The van der Waals surface area contributed by atoms with Crippen LogP contribution in [-0.2, 0) is 15.3 Å². The van der Waals surface area contributed by atoms with Gasteiger partial charge in [-0.1, -0.05) is 41.9 Å². The number of carbonyl (C=O) groups excluding carboxylic acids is 2. The highest BCUT2D eigenvalue weighted by Gasteiger charge is 2.22. The summed E-state index contributed by atoms with van der Waals surface area (Å²) in [6.45, 7) is 2.00. The number of halogens is 1.